The molecular formula is C31H23F8NO3. The van der Waals surface area contributed by atoms with Gasteiger partial charge in [-0.15, -0.1) is 0 Å². The minimum absolute atomic E-state index is 0.0826. The number of hydrogen-bond donors (Lipinski definition) is 1. The molecule has 0 aliphatic heterocycles. The van der Waals surface area contributed by atoms with Gasteiger partial charge in [-0.2, -0.15) is 26.3 Å². The highest BCUT2D eigenvalue weighted by Gasteiger charge is 2.41. The van der Waals surface area contributed by atoms with E-state index in [-0.39, 0.29) is 35.1 Å². The van der Waals surface area contributed by atoms with Crippen molar-refractivity contribution >= 4 is 5.91 Å². The molecule has 1 N–H and O–H groups in total. The maximum absolute atomic E-state index is 14.9. The molecule has 0 unspecified atom stereocenters. The molecule has 0 fully saturated rings. The third kappa shape index (κ3) is 6.73. The molecule has 1 atom stereocenters. The van der Waals surface area contributed by atoms with Gasteiger partial charge in [-0.3, -0.25) is 4.79 Å². The van der Waals surface area contributed by atoms with E-state index in [1.165, 1.54) is 32.4 Å². The Morgan fingerprint density at radius 3 is 1.95 bits per heavy atom. The molecule has 4 nitrogen and oxygen atoms in total. The molecule has 0 aromatic heterocycles. The second kappa shape index (κ2) is 11.9. The molecule has 0 saturated heterocycles. The molecule has 0 aliphatic rings. The third-order valence-corrected chi connectivity index (χ3v) is 6.77. The molecule has 1 amide bonds. The Bertz CT molecular complexity index is 1620. The first kappa shape index (κ1) is 31.3. The lowest BCUT2D eigenvalue weighted by Gasteiger charge is -2.37. The van der Waals surface area contributed by atoms with E-state index in [9.17, 15) is 39.9 Å². The van der Waals surface area contributed by atoms with Crippen LogP contribution in [0, 0.1) is 11.6 Å². The molecule has 0 spiro atoms. The van der Waals surface area contributed by atoms with Gasteiger partial charge >= 0.3 is 12.4 Å². The van der Waals surface area contributed by atoms with Crippen LogP contribution in [-0.4, -0.2) is 20.1 Å². The number of hydrogen-bond acceptors (Lipinski definition) is 3. The topological polar surface area (TPSA) is 47.6 Å². The molecule has 4 rings (SSSR count). The average molecular weight is 610 g/mol. The van der Waals surface area contributed by atoms with Crippen molar-refractivity contribution in [2.24, 2.45) is 0 Å². The normalized spacial score (nSPS) is 13.3. The number of amides is 1. The zero-order valence-corrected chi connectivity index (χ0v) is 22.5. The highest BCUT2D eigenvalue weighted by atomic mass is 19.4. The third-order valence-electron chi connectivity index (χ3n) is 6.77. The highest BCUT2D eigenvalue weighted by Crippen LogP contribution is 2.41. The van der Waals surface area contributed by atoms with Crippen molar-refractivity contribution < 1.29 is 49.4 Å². The van der Waals surface area contributed by atoms with Crippen molar-refractivity contribution in [2.75, 3.05) is 14.2 Å². The van der Waals surface area contributed by atoms with E-state index in [2.05, 4.69) is 5.32 Å². The van der Waals surface area contributed by atoms with Crippen LogP contribution in [0.1, 0.15) is 38.2 Å². The van der Waals surface area contributed by atoms with Gasteiger partial charge in [0.2, 0.25) is 0 Å². The summed E-state index contributed by atoms with van der Waals surface area (Å²) in [6.45, 7) is 0. The van der Waals surface area contributed by atoms with E-state index in [1.807, 2.05) is 0 Å². The predicted molar refractivity (Wildman–Crippen MR) is 141 cm³/mol. The largest absolute Gasteiger partial charge is 0.493 e. The summed E-state index contributed by atoms with van der Waals surface area (Å²) in [5.74, 6) is -3.79. The Balaban J connectivity index is 2.03. The summed E-state index contributed by atoms with van der Waals surface area (Å²) >= 11 is 0. The van der Waals surface area contributed by atoms with E-state index in [0.29, 0.717) is 23.8 Å². The predicted octanol–water partition coefficient (Wildman–Crippen LogP) is 7.94. The SMILES string of the molecule is COc1ccc([C@](Cc2ccccc2)(NC(=O)c2ccc(F)c(C(F)(F)F)c2)c2cc(F)cc(C(F)(F)F)c2)cc1OC. The van der Waals surface area contributed by atoms with E-state index in [4.69, 9.17) is 9.47 Å². The van der Waals surface area contributed by atoms with E-state index >= 15 is 0 Å². The molecule has 0 heterocycles. The lowest BCUT2D eigenvalue weighted by molar-refractivity contribution is -0.140. The van der Waals surface area contributed by atoms with Gasteiger partial charge in [0.15, 0.2) is 11.5 Å². The summed E-state index contributed by atoms with van der Waals surface area (Å²) in [6.07, 6.45) is -10.4. The lowest BCUT2D eigenvalue weighted by atomic mass is 9.77. The van der Waals surface area contributed by atoms with Crippen LogP contribution < -0.4 is 14.8 Å². The second-order valence-electron chi connectivity index (χ2n) is 9.51. The van der Waals surface area contributed by atoms with Crippen LogP contribution in [0.5, 0.6) is 11.5 Å². The molecule has 0 bridgehead atoms. The van der Waals surface area contributed by atoms with Gasteiger partial charge in [-0.25, -0.2) is 8.78 Å². The van der Waals surface area contributed by atoms with Crippen LogP contribution in [-0.2, 0) is 24.3 Å². The first-order valence-electron chi connectivity index (χ1n) is 12.5. The molecule has 0 radical (unpaired) electrons. The van der Waals surface area contributed by atoms with Gasteiger partial charge in [-0.05, 0) is 65.2 Å². The smallest absolute Gasteiger partial charge is 0.419 e. The molecular weight excluding hydrogens is 586 g/mol. The van der Waals surface area contributed by atoms with Crippen LogP contribution in [0.15, 0.2) is 84.9 Å². The Morgan fingerprint density at radius 2 is 1.35 bits per heavy atom. The average Bonchev–Trinajstić information content (AvgIpc) is 2.95. The van der Waals surface area contributed by atoms with E-state index in [0.717, 1.165) is 12.1 Å². The Labute approximate surface area is 240 Å². The van der Waals surface area contributed by atoms with Gasteiger partial charge < -0.3 is 14.8 Å². The maximum Gasteiger partial charge on any atom is 0.419 e. The monoisotopic (exact) mass is 609 g/mol. The van der Waals surface area contributed by atoms with Gasteiger partial charge in [-0.1, -0.05) is 36.4 Å². The Hall–Kier alpha value is -4.61. The molecule has 12 heteroatoms. The minimum atomic E-state index is -5.14. The van der Waals surface area contributed by atoms with Crippen molar-refractivity contribution in [3.05, 3.63) is 130 Å². The summed E-state index contributed by atoms with van der Waals surface area (Å²) < 4.78 is 121. The fraction of sp³-hybridized carbons (Fsp3) is 0.194. The van der Waals surface area contributed by atoms with Crippen LogP contribution in [0.3, 0.4) is 0 Å². The van der Waals surface area contributed by atoms with Crippen LogP contribution in [0.4, 0.5) is 35.1 Å². The first-order valence-corrected chi connectivity index (χ1v) is 12.5. The van der Waals surface area contributed by atoms with Crippen molar-refractivity contribution in [1.29, 1.82) is 0 Å². The highest BCUT2D eigenvalue weighted by molar-refractivity contribution is 5.95. The lowest BCUT2D eigenvalue weighted by Crippen LogP contribution is -2.49. The standard InChI is InChI=1S/C31H23F8NO3/c1-42-26-11-9-20(16-27(26)43-2)29(17-18-6-4-3-5-7-18,21-13-22(30(34,35)36)15-23(32)14-21)40-28(41)19-8-10-25(33)24(12-19)31(37,38)39/h3-16H,17H2,1-2H3,(H,40,41)/t29-/m0/s1. The van der Waals surface area contributed by atoms with Crippen molar-refractivity contribution in [2.45, 2.75) is 24.3 Å². The molecule has 226 valence electrons. The Morgan fingerprint density at radius 1 is 0.698 bits per heavy atom. The molecule has 43 heavy (non-hydrogen) atoms. The number of alkyl halides is 6. The summed E-state index contributed by atoms with van der Waals surface area (Å²) in [6, 6.07) is 15.5. The van der Waals surface area contributed by atoms with Crippen molar-refractivity contribution in [3.63, 3.8) is 0 Å². The molecule has 0 saturated carbocycles. The van der Waals surface area contributed by atoms with Crippen LogP contribution >= 0.6 is 0 Å². The number of benzene rings is 4. The second-order valence-corrected chi connectivity index (χ2v) is 9.51. The minimum Gasteiger partial charge on any atom is -0.493 e. The van der Waals surface area contributed by atoms with Crippen LogP contribution in [0.25, 0.3) is 0 Å². The van der Waals surface area contributed by atoms with Gasteiger partial charge in [0, 0.05) is 12.0 Å². The van der Waals surface area contributed by atoms with Crippen molar-refractivity contribution in [3.8, 4) is 11.5 Å². The number of nitrogens with one attached hydrogen (secondary N) is 1. The number of methoxy groups -OCH3 is 2. The first-order chi connectivity index (χ1) is 20.2. The maximum atomic E-state index is 14.9. The zero-order valence-electron chi connectivity index (χ0n) is 22.5. The fourth-order valence-electron chi connectivity index (χ4n) is 4.71. The number of carbonyl (C=O) groups excluding carboxylic acids is 1. The summed E-state index contributed by atoms with van der Waals surface area (Å²) in [5.41, 5.74) is -5.58. The molecule has 4 aromatic carbocycles. The van der Waals surface area contributed by atoms with E-state index < -0.39 is 52.1 Å². The number of ether oxygens (including phenoxy) is 2. The number of halogens is 8. The molecule has 0 aliphatic carbocycles. The quantitative estimate of drug-likeness (QED) is 0.207. The van der Waals surface area contributed by atoms with E-state index in [1.54, 1.807) is 30.3 Å². The van der Waals surface area contributed by atoms with Crippen molar-refractivity contribution in [1.82, 2.24) is 5.32 Å². The summed E-state index contributed by atoms with van der Waals surface area (Å²) in [5, 5.41) is 2.56. The van der Waals surface area contributed by atoms with Gasteiger partial charge in [0.25, 0.3) is 5.91 Å². The Kier molecular flexibility index (Phi) is 8.70. The summed E-state index contributed by atoms with van der Waals surface area (Å²) in [7, 11) is 2.63. The number of rotatable bonds is 8. The van der Waals surface area contributed by atoms with Gasteiger partial charge in [0.05, 0.1) is 30.9 Å². The number of carbonyl (C=O) groups is 1. The molecule has 4 aromatic rings. The fourth-order valence-corrected chi connectivity index (χ4v) is 4.71. The van der Waals surface area contributed by atoms with Gasteiger partial charge in [0.1, 0.15) is 11.6 Å². The zero-order chi connectivity index (χ0) is 31.6. The van der Waals surface area contributed by atoms with Crippen LogP contribution in [0.2, 0.25) is 0 Å². The summed E-state index contributed by atoms with van der Waals surface area (Å²) in [4.78, 5) is 13.7.